The summed E-state index contributed by atoms with van der Waals surface area (Å²) in [4.78, 5) is 16.3. The van der Waals surface area contributed by atoms with Crippen molar-refractivity contribution in [3.63, 3.8) is 0 Å². The molecule has 0 radical (unpaired) electrons. The summed E-state index contributed by atoms with van der Waals surface area (Å²) in [5.41, 5.74) is 1.24. The largest absolute Gasteiger partial charge is 0.420 e. The molecular formula is C21H25N5O3. The predicted octanol–water partition coefficient (Wildman–Crippen LogP) is 3.78. The first kappa shape index (κ1) is 19.3. The lowest BCUT2D eigenvalue weighted by Gasteiger charge is -2.26. The molecular weight excluding hydrogens is 370 g/mol. The first-order valence-electron chi connectivity index (χ1n) is 10.2. The summed E-state index contributed by atoms with van der Waals surface area (Å²) < 4.78 is 11.1. The first-order valence-corrected chi connectivity index (χ1v) is 10.2. The van der Waals surface area contributed by atoms with Gasteiger partial charge in [0.15, 0.2) is 5.69 Å². The number of amides is 1. The highest BCUT2D eigenvalue weighted by molar-refractivity contribution is 5.92. The van der Waals surface area contributed by atoms with E-state index in [1.54, 1.807) is 18.5 Å². The molecule has 29 heavy (non-hydrogen) atoms. The van der Waals surface area contributed by atoms with Crippen molar-refractivity contribution in [1.82, 2.24) is 25.7 Å². The lowest BCUT2D eigenvalue weighted by molar-refractivity contribution is 0.0933. The number of pyridine rings is 1. The van der Waals surface area contributed by atoms with Gasteiger partial charge in [-0.25, -0.2) is 0 Å². The van der Waals surface area contributed by atoms with Crippen molar-refractivity contribution in [2.45, 2.75) is 51.4 Å². The molecule has 4 rings (SSSR count). The van der Waals surface area contributed by atoms with Crippen LogP contribution in [-0.2, 0) is 6.42 Å². The highest BCUT2D eigenvalue weighted by Crippen LogP contribution is 2.35. The summed E-state index contributed by atoms with van der Waals surface area (Å²) in [6.45, 7) is 2.71. The van der Waals surface area contributed by atoms with Crippen LogP contribution in [0.2, 0.25) is 0 Å². The summed E-state index contributed by atoms with van der Waals surface area (Å²) >= 11 is 0. The van der Waals surface area contributed by atoms with E-state index in [9.17, 15) is 4.79 Å². The Hall–Kier alpha value is -3.03. The molecule has 0 spiro atoms. The highest BCUT2D eigenvalue weighted by Gasteiger charge is 2.27. The summed E-state index contributed by atoms with van der Waals surface area (Å²) in [7, 11) is 0. The average Bonchev–Trinajstić information content (AvgIpc) is 3.44. The number of carbonyl (C=O) groups is 1. The van der Waals surface area contributed by atoms with E-state index in [2.05, 4.69) is 32.6 Å². The minimum absolute atomic E-state index is 0.169. The Morgan fingerprint density at radius 3 is 2.72 bits per heavy atom. The van der Waals surface area contributed by atoms with Crippen LogP contribution in [0.4, 0.5) is 0 Å². The van der Waals surface area contributed by atoms with Gasteiger partial charge >= 0.3 is 0 Å². The molecule has 0 saturated heterocycles. The van der Waals surface area contributed by atoms with Crippen LogP contribution in [0.5, 0.6) is 0 Å². The molecule has 1 aliphatic carbocycles. The van der Waals surface area contributed by atoms with Crippen LogP contribution in [0.15, 0.2) is 39.5 Å². The summed E-state index contributed by atoms with van der Waals surface area (Å²) in [6, 6.07) is 5.44. The van der Waals surface area contributed by atoms with Crippen LogP contribution in [0.25, 0.3) is 11.5 Å². The van der Waals surface area contributed by atoms with E-state index in [0.29, 0.717) is 29.9 Å². The molecule has 0 bridgehead atoms. The van der Waals surface area contributed by atoms with E-state index in [0.717, 1.165) is 49.8 Å². The molecule has 3 heterocycles. The van der Waals surface area contributed by atoms with Crippen LogP contribution in [-0.4, -0.2) is 32.8 Å². The Morgan fingerprint density at radius 2 is 1.97 bits per heavy atom. The molecule has 152 valence electrons. The molecule has 3 aromatic rings. The predicted molar refractivity (Wildman–Crippen MR) is 105 cm³/mol. The molecule has 1 saturated carbocycles. The lowest BCUT2D eigenvalue weighted by atomic mass is 9.82. The second kappa shape index (κ2) is 8.98. The van der Waals surface area contributed by atoms with Crippen LogP contribution in [0, 0.1) is 5.92 Å². The van der Waals surface area contributed by atoms with Gasteiger partial charge in [-0.2, -0.15) is 0 Å². The Balaban J connectivity index is 1.25. The Morgan fingerprint density at radius 1 is 1.17 bits per heavy atom. The zero-order chi connectivity index (χ0) is 20.1. The quantitative estimate of drug-likeness (QED) is 0.649. The molecule has 0 unspecified atom stereocenters. The van der Waals surface area contributed by atoms with Crippen molar-refractivity contribution < 1.29 is 13.7 Å². The topological polar surface area (TPSA) is 107 Å². The maximum absolute atomic E-state index is 12.3. The van der Waals surface area contributed by atoms with E-state index in [-0.39, 0.29) is 11.8 Å². The van der Waals surface area contributed by atoms with Gasteiger partial charge in [-0.1, -0.05) is 12.1 Å². The van der Waals surface area contributed by atoms with Crippen molar-refractivity contribution in [3.8, 4) is 11.5 Å². The van der Waals surface area contributed by atoms with Crippen molar-refractivity contribution in [1.29, 1.82) is 0 Å². The minimum atomic E-state index is -0.169. The van der Waals surface area contributed by atoms with Crippen molar-refractivity contribution >= 4 is 5.91 Å². The van der Waals surface area contributed by atoms with Gasteiger partial charge in [-0.15, -0.1) is 10.2 Å². The molecule has 0 aliphatic heterocycles. The fraction of sp³-hybridized carbons (Fsp3) is 0.476. The number of hydrogen-bond acceptors (Lipinski definition) is 7. The standard InChI is InChI=1S/C21H25N5O3/c1-2-3-17-12-18(26-29-17)19(27)23-13-14-4-6-15(7-5-14)20-24-25-21(28-20)16-8-10-22-11-9-16/h8-12,14-15H,2-7,13H2,1H3,(H,23,27). The fourth-order valence-electron chi connectivity index (χ4n) is 3.74. The van der Waals surface area contributed by atoms with Gasteiger partial charge in [-0.3, -0.25) is 9.78 Å². The third-order valence-electron chi connectivity index (χ3n) is 5.40. The molecule has 1 fully saturated rings. The maximum Gasteiger partial charge on any atom is 0.273 e. The normalized spacial score (nSPS) is 19.2. The number of hydrogen-bond donors (Lipinski definition) is 1. The van der Waals surface area contributed by atoms with Gasteiger partial charge in [0.05, 0.1) is 0 Å². The molecule has 0 aromatic carbocycles. The molecule has 1 aliphatic rings. The zero-order valence-corrected chi connectivity index (χ0v) is 16.5. The first-order chi connectivity index (χ1) is 14.2. The molecule has 3 aromatic heterocycles. The van der Waals surface area contributed by atoms with Crippen LogP contribution in [0.1, 0.15) is 67.1 Å². The third-order valence-corrected chi connectivity index (χ3v) is 5.40. The molecule has 0 atom stereocenters. The zero-order valence-electron chi connectivity index (χ0n) is 16.5. The monoisotopic (exact) mass is 395 g/mol. The number of nitrogens with one attached hydrogen (secondary N) is 1. The molecule has 1 N–H and O–H groups in total. The lowest BCUT2D eigenvalue weighted by Crippen LogP contribution is -2.31. The van der Waals surface area contributed by atoms with Crippen molar-refractivity contribution in [3.05, 3.63) is 47.9 Å². The van der Waals surface area contributed by atoms with Gasteiger partial charge in [0.1, 0.15) is 5.76 Å². The second-order valence-corrected chi connectivity index (χ2v) is 7.54. The Kier molecular flexibility index (Phi) is 5.97. The smallest absolute Gasteiger partial charge is 0.273 e. The molecule has 1 amide bonds. The van der Waals surface area contributed by atoms with E-state index in [1.165, 1.54) is 0 Å². The van der Waals surface area contributed by atoms with E-state index < -0.39 is 0 Å². The summed E-state index contributed by atoms with van der Waals surface area (Å²) in [5.74, 6) is 2.54. The van der Waals surface area contributed by atoms with Crippen LogP contribution >= 0.6 is 0 Å². The minimum Gasteiger partial charge on any atom is -0.420 e. The number of carbonyl (C=O) groups excluding carboxylic acids is 1. The number of rotatable bonds is 7. The Bertz CT molecular complexity index is 929. The van der Waals surface area contributed by atoms with Gasteiger partial charge in [0.25, 0.3) is 5.91 Å². The number of nitrogens with zero attached hydrogens (tertiary/aromatic N) is 4. The van der Waals surface area contributed by atoms with Gasteiger partial charge < -0.3 is 14.3 Å². The van der Waals surface area contributed by atoms with E-state index >= 15 is 0 Å². The average molecular weight is 395 g/mol. The number of aryl methyl sites for hydroxylation is 1. The highest BCUT2D eigenvalue weighted by atomic mass is 16.5. The van der Waals surface area contributed by atoms with E-state index in [4.69, 9.17) is 8.94 Å². The van der Waals surface area contributed by atoms with Gasteiger partial charge in [0, 0.05) is 42.9 Å². The maximum atomic E-state index is 12.3. The van der Waals surface area contributed by atoms with Crippen molar-refractivity contribution in [2.24, 2.45) is 5.92 Å². The SMILES string of the molecule is CCCc1cc(C(=O)NCC2CCC(c3nnc(-c4ccncc4)o3)CC2)no1. The number of aromatic nitrogens is 4. The Labute approximate surface area is 169 Å². The molecule has 8 nitrogen and oxygen atoms in total. The van der Waals surface area contributed by atoms with Gasteiger partial charge in [-0.05, 0) is 50.2 Å². The molecule has 8 heteroatoms. The third kappa shape index (κ3) is 4.70. The summed E-state index contributed by atoms with van der Waals surface area (Å²) in [5, 5.41) is 15.3. The fourth-order valence-corrected chi connectivity index (χ4v) is 3.74. The summed E-state index contributed by atoms with van der Waals surface area (Å²) in [6.07, 6.45) is 9.15. The van der Waals surface area contributed by atoms with Gasteiger partial charge in [0.2, 0.25) is 11.8 Å². The van der Waals surface area contributed by atoms with Crippen LogP contribution in [0.3, 0.4) is 0 Å². The second-order valence-electron chi connectivity index (χ2n) is 7.54. The van der Waals surface area contributed by atoms with Crippen LogP contribution < -0.4 is 5.32 Å². The van der Waals surface area contributed by atoms with Crippen molar-refractivity contribution in [2.75, 3.05) is 6.54 Å². The van der Waals surface area contributed by atoms with E-state index in [1.807, 2.05) is 12.1 Å².